The smallest absolute Gasteiger partial charge is 0.132 e. The van der Waals surface area contributed by atoms with Gasteiger partial charge < -0.3 is 5.73 Å². The maximum Gasteiger partial charge on any atom is 0.132 e. The fourth-order valence-electron chi connectivity index (χ4n) is 2.16. The zero-order chi connectivity index (χ0) is 15.9. The summed E-state index contributed by atoms with van der Waals surface area (Å²) in [6.45, 7) is 6.20. The van der Waals surface area contributed by atoms with Crippen molar-refractivity contribution in [2.45, 2.75) is 19.9 Å². The standard InChI is InChI=1S/C20H20FN/c1-3-4-15(2)5-6-16-9-12-19(20(21)13-16)18-10-7-17(14-22)8-11-18/h3,7-13,15H,1,4,14,22H2,2H3. The molecule has 1 atom stereocenters. The fraction of sp³-hybridized carbons (Fsp3) is 0.200. The monoisotopic (exact) mass is 293 g/mol. The van der Waals surface area contributed by atoms with Gasteiger partial charge in [0.15, 0.2) is 0 Å². The van der Waals surface area contributed by atoms with E-state index >= 15 is 0 Å². The number of allylic oxidation sites excluding steroid dienone is 1. The Morgan fingerprint density at radius 1 is 1.23 bits per heavy atom. The molecule has 0 radical (unpaired) electrons. The van der Waals surface area contributed by atoms with Gasteiger partial charge in [0.25, 0.3) is 0 Å². The molecule has 0 saturated heterocycles. The molecule has 0 fully saturated rings. The largest absolute Gasteiger partial charge is 0.326 e. The average molecular weight is 293 g/mol. The molecule has 2 aromatic rings. The molecule has 0 aliphatic rings. The van der Waals surface area contributed by atoms with Gasteiger partial charge in [0, 0.05) is 23.6 Å². The van der Waals surface area contributed by atoms with Crippen LogP contribution in [0.25, 0.3) is 11.1 Å². The van der Waals surface area contributed by atoms with E-state index in [2.05, 4.69) is 18.4 Å². The Bertz CT molecular complexity index is 705. The van der Waals surface area contributed by atoms with Crippen molar-refractivity contribution >= 4 is 0 Å². The third-order valence-corrected chi connectivity index (χ3v) is 3.45. The minimum atomic E-state index is -0.260. The van der Waals surface area contributed by atoms with Crippen LogP contribution in [0.3, 0.4) is 0 Å². The molecule has 1 nitrogen and oxygen atoms in total. The molecule has 112 valence electrons. The molecule has 0 aromatic heterocycles. The summed E-state index contributed by atoms with van der Waals surface area (Å²) in [6, 6.07) is 12.7. The first-order valence-corrected chi connectivity index (χ1v) is 7.35. The highest BCUT2D eigenvalue weighted by Gasteiger charge is 2.05. The van der Waals surface area contributed by atoms with Crippen molar-refractivity contribution in [3.05, 3.63) is 72.1 Å². The van der Waals surface area contributed by atoms with E-state index in [9.17, 15) is 4.39 Å². The highest BCUT2D eigenvalue weighted by atomic mass is 19.1. The van der Waals surface area contributed by atoms with Crippen molar-refractivity contribution in [2.24, 2.45) is 11.7 Å². The van der Waals surface area contributed by atoms with Gasteiger partial charge in [0.2, 0.25) is 0 Å². The second-order valence-corrected chi connectivity index (χ2v) is 5.29. The minimum Gasteiger partial charge on any atom is -0.326 e. The topological polar surface area (TPSA) is 26.0 Å². The van der Waals surface area contributed by atoms with Crippen LogP contribution in [0.2, 0.25) is 0 Å². The lowest BCUT2D eigenvalue weighted by Gasteiger charge is -2.05. The molecule has 0 aliphatic heterocycles. The van der Waals surface area contributed by atoms with Gasteiger partial charge in [0.1, 0.15) is 5.82 Å². The second kappa shape index (κ2) is 7.59. The van der Waals surface area contributed by atoms with Crippen LogP contribution in [0, 0.1) is 23.6 Å². The summed E-state index contributed by atoms with van der Waals surface area (Å²) in [5.41, 5.74) is 8.71. The first-order chi connectivity index (χ1) is 10.6. The van der Waals surface area contributed by atoms with Crippen LogP contribution >= 0.6 is 0 Å². The van der Waals surface area contributed by atoms with E-state index in [1.807, 2.05) is 43.3 Å². The molecule has 0 heterocycles. The Morgan fingerprint density at radius 3 is 2.55 bits per heavy atom. The Morgan fingerprint density at radius 2 is 1.95 bits per heavy atom. The van der Waals surface area contributed by atoms with Gasteiger partial charge >= 0.3 is 0 Å². The molecule has 2 heteroatoms. The summed E-state index contributed by atoms with van der Waals surface area (Å²) >= 11 is 0. The predicted molar refractivity (Wildman–Crippen MR) is 90.6 cm³/mol. The van der Waals surface area contributed by atoms with Gasteiger partial charge in [-0.1, -0.05) is 55.2 Å². The Hall–Kier alpha value is -2.37. The summed E-state index contributed by atoms with van der Waals surface area (Å²) in [5.74, 6) is 6.08. The van der Waals surface area contributed by atoms with Crippen LogP contribution in [0.1, 0.15) is 24.5 Å². The van der Waals surface area contributed by atoms with E-state index < -0.39 is 0 Å². The molecule has 0 aliphatic carbocycles. The van der Waals surface area contributed by atoms with Crippen LogP contribution in [0.4, 0.5) is 4.39 Å². The molecule has 2 N–H and O–H groups in total. The van der Waals surface area contributed by atoms with E-state index in [1.165, 1.54) is 6.07 Å². The van der Waals surface area contributed by atoms with Crippen LogP contribution in [0.15, 0.2) is 55.1 Å². The number of halogens is 1. The average Bonchev–Trinajstić information content (AvgIpc) is 2.53. The normalized spacial score (nSPS) is 11.4. The maximum absolute atomic E-state index is 14.3. The van der Waals surface area contributed by atoms with Crippen LogP contribution in [-0.2, 0) is 6.54 Å². The zero-order valence-electron chi connectivity index (χ0n) is 12.8. The zero-order valence-corrected chi connectivity index (χ0v) is 12.8. The minimum absolute atomic E-state index is 0.226. The van der Waals surface area contributed by atoms with E-state index in [0.717, 1.165) is 17.5 Å². The molecule has 2 aromatic carbocycles. The first kappa shape index (κ1) is 16.0. The third kappa shape index (κ3) is 4.07. The molecule has 2 rings (SSSR count). The van der Waals surface area contributed by atoms with Crippen molar-refractivity contribution in [3.8, 4) is 23.0 Å². The number of hydrogen-bond donors (Lipinski definition) is 1. The van der Waals surface area contributed by atoms with Gasteiger partial charge in [-0.05, 0) is 29.7 Å². The molecule has 0 saturated carbocycles. The van der Waals surface area contributed by atoms with Crippen LogP contribution in [0.5, 0.6) is 0 Å². The van der Waals surface area contributed by atoms with E-state index in [0.29, 0.717) is 17.7 Å². The first-order valence-electron chi connectivity index (χ1n) is 7.35. The Balaban J connectivity index is 2.23. The molecule has 0 amide bonds. The highest BCUT2D eigenvalue weighted by molar-refractivity contribution is 5.65. The lowest BCUT2D eigenvalue weighted by molar-refractivity contribution is 0.631. The maximum atomic E-state index is 14.3. The van der Waals surface area contributed by atoms with Gasteiger partial charge in [-0.25, -0.2) is 4.39 Å². The van der Waals surface area contributed by atoms with Crippen molar-refractivity contribution < 1.29 is 4.39 Å². The van der Waals surface area contributed by atoms with Crippen LogP contribution < -0.4 is 5.73 Å². The number of benzene rings is 2. The second-order valence-electron chi connectivity index (χ2n) is 5.29. The Kier molecular flexibility index (Phi) is 5.52. The van der Waals surface area contributed by atoms with Crippen molar-refractivity contribution in [3.63, 3.8) is 0 Å². The lowest BCUT2D eigenvalue weighted by atomic mass is 10.0. The fourth-order valence-corrected chi connectivity index (χ4v) is 2.16. The predicted octanol–water partition coefficient (Wildman–Crippen LogP) is 4.52. The molecule has 0 spiro atoms. The van der Waals surface area contributed by atoms with Crippen molar-refractivity contribution in [1.82, 2.24) is 0 Å². The van der Waals surface area contributed by atoms with Gasteiger partial charge in [0.05, 0.1) is 0 Å². The van der Waals surface area contributed by atoms with E-state index in [4.69, 9.17) is 5.73 Å². The SMILES string of the molecule is C=CCC(C)C#Cc1ccc(-c2ccc(CN)cc2)c(F)c1. The van der Waals surface area contributed by atoms with Gasteiger partial charge in [-0.15, -0.1) is 6.58 Å². The summed E-state index contributed by atoms with van der Waals surface area (Å²) in [6.07, 6.45) is 2.68. The number of hydrogen-bond acceptors (Lipinski definition) is 1. The van der Waals surface area contributed by atoms with Gasteiger partial charge in [-0.2, -0.15) is 0 Å². The quantitative estimate of drug-likeness (QED) is 0.651. The van der Waals surface area contributed by atoms with Crippen LogP contribution in [-0.4, -0.2) is 0 Å². The number of nitrogens with two attached hydrogens (primary N) is 1. The van der Waals surface area contributed by atoms with E-state index in [1.54, 1.807) is 6.07 Å². The molecule has 22 heavy (non-hydrogen) atoms. The summed E-state index contributed by atoms with van der Waals surface area (Å²) in [5, 5.41) is 0. The third-order valence-electron chi connectivity index (χ3n) is 3.45. The highest BCUT2D eigenvalue weighted by Crippen LogP contribution is 2.24. The summed E-state index contributed by atoms with van der Waals surface area (Å²) in [7, 11) is 0. The molecule has 0 bridgehead atoms. The molecular formula is C20H20FN. The van der Waals surface area contributed by atoms with Crippen molar-refractivity contribution in [2.75, 3.05) is 0 Å². The van der Waals surface area contributed by atoms with E-state index in [-0.39, 0.29) is 11.7 Å². The number of rotatable bonds is 4. The van der Waals surface area contributed by atoms with Crippen molar-refractivity contribution in [1.29, 1.82) is 0 Å². The molecular weight excluding hydrogens is 273 g/mol. The Labute approximate surface area is 131 Å². The summed E-state index contributed by atoms with van der Waals surface area (Å²) < 4.78 is 14.3. The lowest BCUT2D eigenvalue weighted by Crippen LogP contribution is -1.95. The summed E-state index contributed by atoms with van der Waals surface area (Å²) in [4.78, 5) is 0. The molecule has 1 unspecified atom stereocenters. The van der Waals surface area contributed by atoms with Gasteiger partial charge in [-0.3, -0.25) is 0 Å².